The molecule has 0 saturated carbocycles. The fourth-order valence-corrected chi connectivity index (χ4v) is 1.30. The maximum absolute atomic E-state index is 11.3. The highest BCUT2D eigenvalue weighted by Crippen LogP contribution is 2.07. The summed E-state index contributed by atoms with van der Waals surface area (Å²) in [5, 5.41) is 14.0. The van der Waals surface area contributed by atoms with E-state index in [9.17, 15) is 4.79 Å². The van der Waals surface area contributed by atoms with Gasteiger partial charge in [-0.1, -0.05) is 18.2 Å². The summed E-state index contributed by atoms with van der Waals surface area (Å²) in [6.45, 7) is 2.76. The summed E-state index contributed by atoms with van der Waals surface area (Å²) in [7, 11) is 0. The minimum atomic E-state index is -0.267. The van der Waals surface area contributed by atoms with Crippen LogP contribution < -0.4 is 15.4 Å². The number of aliphatic hydroxyl groups is 1. The van der Waals surface area contributed by atoms with E-state index in [-0.39, 0.29) is 18.7 Å². The van der Waals surface area contributed by atoms with Gasteiger partial charge < -0.3 is 20.5 Å². The summed E-state index contributed by atoms with van der Waals surface area (Å²) < 4.78 is 5.48. The van der Waals surface area contributed by atoms with Gasteiger partial charge in [-0.3, -0.25) is 0 Å². The number of urea groups is 1. The van der Waals surface area contributed by atoms with Gasteiger partial charge in [-0.15, -0.1) is 0 Å². The van der Waals surface area contributed by atoms with Gasteiger partial charge in [0.25, 0.3) is 0 Å². The maximum atomic E-state index is 11.3. The van der Waals surface area contributed by atoms with Crippen molar-refractivity contribution in [1.29, 1.82) is 0 Å². The van der Waals surface area contributed by atoms with Crippen molar-refractivity contribution in [1.82, 2.24) is 10.6 Å². The van der Waals surface area contributed by atoms with E-state index in [1.54, 1.807) is 6.92 Å². The topological polar surface area (TPSA) is 70.6 Å². The van der Waals surface area contributed by atoms with Crippen LogP contribution >= 0.6 is 0 Å². The van der Waals surface area contributed by atoms with E-state index in [1.165, 1.54) is 0 Å². The number of amides is 2. The number of carbonyl (C=O) groups is 1. The second kappa shape index (κ2) is 8.36. The normalized spacial score (nSPS) is 11.7. The molecule has 0 bridgehead atoms. The number of ether oxygens (including phenoxy) is 1. The largest absolute Gasteiger partial charge is 0.494 e. The van der Waals surface area contributed by atoms with Gasteiger partial charge in [-0.2, -0.15) is 0 Å². The lowest BCUT2D eigenvalue weighted by Gasteiger charge is -2.12. The summed E-state index contributed by atoms with van der Waals surface area (Å²) in [4.78, 5) is 11.3. The molecular weight excluding hydrogens is 232 g/mol. The van der Waals surface area contributed by atoms with Crippen molar-refractivity contribution in [3.63, 3.8) is 0 Å². The van der Waals surface area contributed by atoms with E-state index in [1.807, 2.05) is 30.3 Å². The molecule has 3 N–H and O–H groups in total. The molecule has 1 rings (SSSR count). The molecule has 100 valence electrons. The number of hydrogen-bond donors (Lipinski definition) is 3. The predicted molar refractivity (Wildman–Crippen MR) is 69.6 cm³/mol. The Kier molecular flexibility index (Phi) is 6.64. The molecule has 1 aromatic rings. The molecule has 18 heavy (non-hydrogen) atoms. The third kappa shape index (κ3) is 6.10. The van der Waals surface area contributed by atoms with E-state index in [0.717, 1.165) is 12.2 Å². The molecule has 1 atom stereocenters. The van der Waals surface area contributed by atoms with Crippen molar-refractivity contribution in [2.75, 3.05) is 19.8 Å². The molecule has 0 aliphatic rings. The monoisotopic (exact) mass is 252 g/mol. The Morgan fingerprint density at radius 2 is 2.11 bits per heavy atom. The first-order valence-corrected chi connectivity index (χ1v) is 6.05. The fourth-order valence-electron chi connectivity index (χ4n) is 1.30. The summed E-state index contributed by atoms with van der Waals surface area (Å²) >= 11 is 0. The highest BCUT2D eigenvalue weighted by molar-refractivity contribution is 5.74. The van der Waals surface area contributed by atoms with Crippen molar-refractivity contribution in [3.05, 3.63) is 30.3 Å². The van der Waals surface area contributed by atoms with Crippen LogP contribution in [0.5, 0.6) is 5.75 Å². The lowest BCUT2D eigenvalue weighted by molar-refractivity contribution is 0.219. The first-order chi connectivity index (χ1) is 8.72. The van der Waals surface area contributed by atoms with E-state index in [2.05, 4.69) is 10.6 Å². The van der Waals surface area contributed by atoms with Crippen molar-refractivity contribution >= 4 is 6.03 Å². The molecule has 0 aliphatic carbocycles. The minimum absolute atomic E-state index is 0.0649. The van der Waals surface area contributed by atoms with Crippen LogP contribution in [0.15, 0.2) is 30.3 Å². The van der Waals surface area contributed by atoms with Gasteiger partial charge in [0, 0.05) is 6.54 Å². The van der Waals surface area contributed by atoms with Gasteiger partial charge in [-0.05, 0) is 25.5 Å². The van der Waals surface area contributed by atoms with Crippen LogP contribution in [-0.2, 0) is 0 Å². The summed E-state index contributed by atoms with van der Waals surface area (Å²) in [5.74, 6) is 0.829. The second-order valence-corrected chi connectivity index (χ2v) is 4.00. The zero-order valence-electron chi connectivity index (χ0n) is 10.6. The Bertz CT molecular complexity index is 343. The summed E-state index contributed by atoms with van der Waals surface area (Å²) in [6, 6.07) is 9.05. The molecule has 0 fully saturated rings. The molecule has 5 nitrogen and oxygen atoms in total. The Morgan fingerprint density at radius 3 is 2.78 bits per heavy atom. The van der Waals surface area contributed by atoms with E-state index in [4.69, 9.17) is 9.84 Å². The molecule has 1 aromatic carbocycles. The molecule has 0 radical (unpaired) electrons. The molecule has 0 saturated heterocycles. The molecular formula is C13H20N2O3. The van der Waals surface area contributed by atoms with Crippen molar-refractivity contribution in [3.8, 4) is 5.75 Å². The quantitative estimate of drug-likeness (QED) is 0.637. The van der Waals surface area contributed by atoms with Crippen molar-refractivity contribution < 1.29 is 14.6 Å². The van der Waals surface area contributed by atoms with Crippen LogP contribution in [0, 0.1) is 0 Å². The van der Waals surface area contributed by atoms with E-state index < -0.39 is 0 Å². The van der Waals surface area contributed by atoms with Crippen LogP contribution in [-0.4, -0.2) is 36.9 Å². The van der Waals surface area contributed by atoms with Crippen LogP contribution in [0.25, 0.3) is 0 Å². The highest BCUT2D eigenvalue weighted by Gasteiger charge is 2.04. The molecule has 2 amide bonds. The smallest absolute Gasteiger partial charge is 0.315 e. The number of rotatable bonds is 7. The lowest BCUT2D eigenvalue weighted by Crippen LogP contribution is -2.42. The molecule has 0 aromatic heterocycles. The second-order valence-electron chi connectivity index (χ2n) is 4.00. The first-order valence-electron chi connectivity index (χ1n) is 6.05. The van der Waals surface area contributed by atoms with Crippen molar-refractivity contribution in [2.24, 2.45) is 0 Å². The van der Waals surface area contributed by atoms with Crippen LogP contribution in [0.4, 0.5) is 4.79 Å². The maximum Gasteiger partial charge on any atom is 0.315 e. The first kappa shape index (κ1) is 14.3. The van der Waals surface area contributed by atoms with E-state index in [0.29, 0.717) is 13.2 Å². The van der Waals surface area contributed by atoms with Gasteiger partial charge in [0.05, 0.1) is 19.3 Å². The summed E-state index contributed by atoms with van der Waals surface area (Å²) in [6.07, 6.45) is 0.732. The number of hydrogen-bond acceptors (Lipinski definition) is 3. The molecule has 1 unspecified atom stereocenters. The van der Waals surface area contributed by atoms with Crippen LogP contribution in [0.1, 0.15) is 13.3 Å². The average Bonchev–Trinajstić information content (AvgIpc) is 2.39. The van der Waals surface area contributed by atoms with Gasteiger partial charge in [0.1, 0.15) is 5.75 Å². The van der Waals surface area contributed by atoms with Crippen molar-refractivity contribution in [2.45, 2.75) is 19.4 Å². The zero-order valence-corrected chi connectivity index (χ0v) is 10.6. The summed E-state index contributed by atoms with van der Waals surface area (Å²) in [5.41, 5.74) is 0. The fraction of sp³-hybridized carbons (Fsp3) is 0.462. The number of nitrogens with one attached hydrogen (secondary N) is 2. The van der Waals surface area contributed by atoms with Gasteiger partial charge in [0.15, 0.2) is 0 Å². The number of aliphatic hydroxyl groups excluding tert-OH is 1. The SMILES string of the molecule is CC(CO)NC(=O)NCCCOc1ccccc1. The van der Waals surface area contributed by atoms with E-state index >= 15 is 0 Å². The Balaban J connectivity index is 2.03. The minimum Gasteiger partial charge on any atom is -0.494 e. The molecule has 0 spiro atoms. The number of benzene rings is 1. The molecule has 0 aliphatic heterocycles. The standard InChI is InChI=1S/C13H20N2O3/c1-11(10-16)15-13(17)14-8-5-9-18-12-6-3-2-4-7-12/h2-4,6-7,11,16H,5,8-10H2,1H3,(H2,14,15,17). The average molecular weight is 252 g/mol. The van der Waals surface area contributed by atoms with Crippen LogP contribution in [0.2, 0.25) is 0 Å². The lowest BCUT2D eigenvalue weighted by atomic mass is 10.3. The molecule has 0 heterocycles. The Labute approximate surface area is 107 Å². The Morgan fingerprint density at radius 1 is 1.39 bits per heavy atom. The van der Waals surface area contributed by atoms with Gasteiger partial charge in [0.2, 0.25) is 0 Å². The third-order valence-corrected chi connectivity index (χ3v) is 2.27. The van der Waals surface area contributed by atoms with Gasteiger partial charge >= 0.3 is 6.03 Å². The molecule has 5 heteroatoms. The number of para-hydroxylation sites is 1. The zero-order chi connectivity index (χ0) is 13.2. The highest BCUT2D eigenvalue weighted by atomic mass is 16.5. The number of carbonyl (C=O) groups excluding carboxylic acids is 1. The van der Waals surface area contributed by atoms with Gasteiger partial charge in [-0.25, -0.2) is 4.79 Å². The third-order valence-electron chi connectivity index (χ3n) is 2.27. The Hall–Kier alpha value is -1.75. The predicted octanol–water partition coefficient (Wildman–Crippen LogP) is 1.14. The van der Waals surface area contributed by atoms with Crippen LogP contribution in [0.3, 0.4) is 0 Å².